The minimum Gasteiger partial charge on any atom is -0.494 e. The fourth-order valence-corrected chi connectivity index (χ4v) is 3.88. The minimum absolute atomic E-state index is 0.0661. The van der Waals surface area contributed by atoms with Crippen LogP contribution in [-0.2, 0) is 4.79 Å². The number of thioether (sulfide) groups is 1. The maximum atomic E-state index is 12.9. The van der Waals surface area contributed by atoms with Gasteiger partial charge in [0.1, 0.15) is 11.5 Å². The number of nitrogens with zero attached hydrogens (tertiary/aromatic N) is 2. The van der Waals surface area contributed by atoms with Gasteiger partial charge in [0.15, 0.2) is 5.17 Å². The highest BCUT2D eigenvalue weighted by Crippen LogP contribution is 2.35. The first-order valence-electron chi connectivity index (χ1n) is 9.21. The Morgan fingerprint density at radius 2 is 1.48 bits per heavy atom. The van der Waals surface area contributed by atoms with Crippen molar-refractivity contribution in [2.75, 3.05) is 18.1 Å². The van der Waals surface area contributed by atoms with Crippen LogP contribution in [0.2, 0.25) is 0 Å². The standard InChI is InChI=1S/C21H24N2O3S/c1-4-19-20(24)23(16-9-13-18(14-10-16)26-6-3)21(27-19)22-15-7-11-17(12-8-15)25-5-2/h7-14,19H,4-6H2,1-3H3/t19-/m0/s1. The molecular formula is C21H24N2O3S. The van der Waals surface area contributed by atoms with E-state index >= 15 is 0 Å². The molecule has 27 heavy (non-hydrogen) atoms. The molecule has 0 radical (unpaired) electrons. The van der Waals surface area contributed by atoms with Gasteiger partial charge in [-0.15, -0.1) is 0 Å². The summed E-state index contributed by atoms with van der Waals surface area (Å²) in [5.74, 6) is 1.67. The van der Waals surface area contributed by atoms with E-state index in [0.29, 0.717) is 18.4 Å². The van der Waals surface area contributed by atoms with Crippen LogP contribution in [0.3, 0.4) is 0 Å². The number of aliphatic imine (C=N–C) groups is 1. The number of benzene rings is 2. The molecule has 1 aliphatic heterocycles. The lowest BCUT2D eigenvalue weighted by Crippen LogP contribution is -2.31. The van der Waals surface area contributed by atoms with Crippen molar-refractivity contribution in [2.45, 2.75) is 32.4 Å². The van der Waals surface area contributed by atoms with Crippen molar-refractivity contribution < 1.29 is 14.3 Å². The first-order valence-corrected chi connectivity index (χ1v) is 10.1. The first-order chi connectivity index (χ1) is 13.2. The topological polar surface area (TPSA) is 51.1 Å². The average Bonchev–Trinajstić information content (AvgIpc) is 3.00. The lowest BCUT2D eigenvalue weighted by molar-refractivity contribution is -0.116. The quantitative estimate of drug-likeness (QED) is 0.672. The number of anilines is 1. The summed E-state index contributed by atoms with van der Waals surface area (Å²) in [6.07, 6.45) is 0.763. The second-order valence-corrected chi connectivity index (χ2v) is 7.11. The number of amides is 1. The fraction of sp³-hybridized carbons (Fsp3) is 0.333. The Morgan fingerprint density at radius 3 is 2.00 bits per heavy atom. The largest absolute Gasteiger partial charge is 0.494 e. The summed E-state index contributed by atoms with van der Waals surface area (Å²) in [6, 6.07) is 15.1. The summed E-state index contributed by atoms with van der Waals surface area (Å²) in [6.45, 7) is 7.16. The van der Waals surface area contributed by atoms with Gasteiger partial charge in [-0.3, -0.25) is 9.69 Å². The van der Waals surface area contributed by atoms with Gasteiger partial charge in [-0.05, 0) is 68.8 Å². The van der Waals surface area contributed by atoms with E-state index in [2.05, 4.69) is 0 Å². The van der Waals surface area contributed by atoms with Crippen LogP contribution in [-0.4, -0.2) is 29.5 Å². The van der Waals surface area contributed by atoms with Crippen molar-refractivity contribution in [3.8, 4) is 11.5 Å². The van der Waals surface area contributed by atoms with E-state index < -0.39 is 0 Å². The summed E-state index contributed by atoms with van der Waals surface area (Å²) in [7, 11) is 0. The second kappa shape index (κ2) is 8.95. The number of carbonyl (C=O) groups is 1. The van der Waals surface area contributed by atoms with Crippen LogP contribution < -0.4 is 14.4 Å². The Bertz CT molecular complexity index is 803. The Balaban J connectivity index is 1.90. The highest BCUT2D eigenvalue weighted by molar-refractivity contribution is 8.16. The van der Waals surface area contributed by atoms with Gasteiger partial charge < -0.3 is 9.47 Å². The van der Waals surface area contributed by atoms with Crippen molar-refractivity contribution in [2.24, 2.45) is 4.99 Å². The molecule has 0 aromatic heterocycles. The summed E-state index contributed by atoms with van der Waals surface area (Å²) < 4.78 is 11.0. The third-order valence-electron chi connectivity index (χ3n) is 4.08. The Hall–Kier alpha value is -2.47. The van der Waals surface area contributed by atoms with Gasteiger partial charge in [0, 0.05) is 0 Å². The van der Waals surface area contributed by atoms with Crippen LogP contribution in [0.15, 0.2) is 53.5 Å². The summed E-state index contributed by atoms with van der Waals surface area (Å²) >= 11 is 1.51. The van der Waals surface area contributed by atoms with Gasteiger partial charge in [-0.1, -0.05) is 18.7 Å². The molecule has 2 aromatic carbocycles. The van der Waals surface area contributed by atoms with Crippen LogP contribution >= 0.6 is 11.8 Å². The van der Waals surface area contributed by atoms with Crippen molar-refractivity contribution in [1.82, 2.24) is 0 Å². The molecule has 1 saturated heterocycles. The van der Waals surface area contributed by atoms with Crippen molar-refractivity contribution in [3.63, 3.8) is 0 Å². The molecule has 5 nitrogen and oxygen atoms in total. The summed E-state index contributed by atoms with van der Waals surface area (Å²) in [5, 5.41) is 0.582. The van der Waals surface area contributed by atoms with Crippen LogP contribution in [0.5, 0.6) is 11.5 Å². The van der Waals surface area contributed by atoms with Gasteiger partial charge in [-0.25, -0.2) is 4.99 Å². The number of amidine groups is 1. The third-order valence-corrected chi connectivity index (χ3v) is 5.39. The molecule has 2 aromatic rings. The van der Waals surface area contributed by atoms with Crippen molar-refractivity contribution in [3.05, 3.63) is 48.5 Å². The van der Waals surface area contributed by atoms with E-state index in [0.717, 1.165) is 29.3 Å². The van der Waals surface area contributed by atoms with Crippen LogP contribution in [0.25, 0.3) is 0 Å². The second-order valence-electron chi connectivity index (χ2n) is 5.94. The first kappa shape index (κ1) is 19.3. The van der Waals surface area contributed by atoms with Crippen molar-refractivity contribution in [1.29, 1.82) is 0 Å². The van der Waals surface area contributed by atoms with Crippen LogP contribution in [0.4, 0.5) is 11.4 Å². The number of ether oxygens (including phenoxy) is 2. The molecule has 0 saturated carbocycles. The monoisotopic (exact) mass is 384 g/mol. The molecule has 0 unspecified atom stereocenters. The fourth-order valence-electron chi connectivity index (χ4n) is 2.79. The van der Waals surface area contributed by atoms with E-state index in [1.54, 1.807) is 4.90 Å². The molecule has 0 N–H and O–H groups in total. The number of hydrogen-bond donors (Lipinski definition) is 0. The van der Waals surface area contributed by atoms with Gasteiger partial charge in [-0.2, -0.15) is 0 Å². The highest BCUT2D eigenvalue weighted by Gasteiger charge is 2.37. The third kappa shape index (κ3) is 4.45. The van der Waals surface area contributed by atoms with Crippen LogP contribution in [0.1, 0.15) is 27.2 Å². The smallest absolute Gasteiger partial charge is 0.246 e. The molecule has 1 heterocycles. The van der Waals surface area contributed by atoms with E-state index in [-0.39, 0.29) is 11.2 Å². The summed E-state index contributed by atoms with van der Waals surface area (Å²) in [4.78, 5) is 19.3. The minimum atomic E-state index is -0.113. The van der Waals surface area contributed by atoms with Crippen molar-refractivity contribution >= 4 is 34.2 Å². The number of rotatable bonds is 7. The molecular weight excluding hydrogens is 360 g/mol. The molecule has 6 heteroatoms. The molecule has 1 amide bonds. The molecule has 1 aliphatic rings. The Labute approximate surface area is 164 Å². The molecule has 3 rings (SSSR count). The van der Waals surface area contributed by atoms with Gasteiger partial charge in [0.25, 0.3) is 0 Å². The van der Waals surface area contributed by atoms with E-state index in [9.17, 15) is 4.79 Å². The SMILES string of the molecule is CCOc1ccc(N=C2S[C@@H](CC)C(=O)N2c2ccc(OCC)cc2)cc1. The Morgan fingerprint density at radius 1 is 0.926 bits per heavy atom. The molecule has 1 fully saturated rings. The van der Waals surface area contributed by atoms with E-state index in [4.69, 9.17) is 14.5 Å². The average molecular weight is 385 g/mol. The van der Waals surface area contributed by atoms with Gasteiger partial charge in [0.05, 0.1) is 29.8 Å². The maximum absolute atomic E-state index is 12.9. The number of carbonyl (C=O) groups excluding carboxylic acids is 1. The normalized spacial score (nSPS) is 18.2. The lowest BCUT2D eigenvalue weighted by atomic mass is 10.2. The van der Waals surface area contributed by atoms with E-state index in [1.165, 1.54) is 11.8 Å². The zero-order valence-corrected chi connectivity index (χ0v) is 16.7. The zero-order chi connectivity index (χ0) is 19.2. The highest BCUT2D eigenvalue weighted by atomic mass is 32.2. The Kier molecular flexibility index (Phi) is 6.40. The molecule has 1 atom stereocenters. The zero-order valence-electron chi connectivity index (χ0n) is 15.8. The predicted octanol–water partition coefficient (Wildman–Crippen LogP) is 5.03. The number of hydrogen-bond acceptors (Lipinski definition) is 5. The molecule has 0 aliphatic carbocycles. The molecule has 142 valence electrons. The lowest BCUT2D eigenvalue weighted by Gasteiger charge is -2.17. The maximum Gasteiger partial charge on any atom is 0.246 e. The van der Waals surface area contributed by atoms with Gasteiger partial charge >= 0.3 is 0 Å². The van der Waals surface area contributed by atoms with Crippen LogP contribution in [0, 0.1) is 0 Å². The molecule has 0 bridgehead atoms. The summed E-state index contributed by atoms with van der Waals surface area (Å²) in [5.41, 5.74) is 1.60. The van der Waals surface area contributed by atoms with E-state index in [1.807, 2.05) is 69.3 Å². The predicted molar refractivity (Wildman–Crippen MR) is 111 cm³/mol. The molecule has 0 spiro atoms. The van der Waals surface area contributed by atoms with Gasteiger partial charge in [0.2, 0.25) is 5.91 Å².